The third kappa shape index (κ3) is 6.95. The van der Waals surface area contributed by atoms with Crippen molar-refractivity contribution < 1.29 is 19.1 Å². The van der Waals surface area contributed by atoms with Crippen molar-refractivity contribution in [3.05, 3.63) is 59.7 Å². The smallest absolute Gasteiger partial charge is 0.343 e. The zero-order valence-corrected chi connectivity index (χ0v) is 18.8. The first-order valence-electron chi connectivity index (χ1n) is 11.7. The molecular weight excluding hydrogens is 388 g/mol. The highest BCUT2D eigenvalue weighted by atomic mass is 16.5. The van der Waals surface area contributed by atoms with Gasteiger partial charge >= 0.3 is 11.9 Å². The Kier molecular flexibility index (Phi) is 8.69. The molecule has 1 fully saturated rings. The molecule has 0 atom stereocenters. The van der Waals surface area contributed by atoms with Gasteiger partial charge in [0.05, 0.1) is 5.56 Å². The van der Waals surface area contributed by atoms with E-state index in [4.69, 9.17) is 9.47 Å². The fourth-order valence-electron chi connectivity index (χ4n) is 4.24. The van der Waals surface area contributed by atoms with Crippen LogP contribution in [-0.2, 0) is 4.79 Å². The van der Waals surface area contributed by atoms with Crippen LogP contribution in [0.2, 0.25) is 0 Å². The first kappa shape index (κ1) is 23.1. The van der Waals surface area contributed by atoms with Gasteiger partial charge < -0.3 is 9.47 Å². The molecule has 2 aromatic rings. The number of ether oxygens (including phenoxy) is 2. The van der Waals surface area contributed by atoms with Crippen molar-refractivity contribution in [3.63, 3.8) is 0 Å². The normalized spacial score (nSPS) is 18.4. The van der Waals surface area contributed by atoms with E-state index in [2.05, 4.69) is 26.0 Å². The molecule has 0 spiro atoms. The summed E-state index contributed by atoms with van der Waals surface area (Å²) in [5.74, 6) is 1.75. The highest BCUT2D eigenvalue weighted by Crippen LogP contribution is 2.37. The molecule has 4 heteroatoms. The van der Waals surface area contributed by atoms with Gasteiger partial charge in [-0.15, -0.1) is 0 Å². The van der Waals surface area contributed by atoms with Crippen molar-refractivity contribution in [2.75, 3.05) is 0 Å². The van der Waals surface area contributed by atoms with E-state index in [1.54, 1.807) is 24.3 Å². The maximum absolute atomic E-state index is 12.5. The van der Waals surface area contributed by atoms with E-state index in [1.165, 1.54) is 37.7 Å². The quantitative estimate of drug-likeness (QED) is 0.246. The van der Waals surface area contributed by atoms with E-state index in [9.17, 15) is 9.59 Å². The summed E-state index contributed by atoms with van der Waals surface area (Å²) < 4.78 is 10.8. The number of hydrogen-bond acceptors (Lipinski definition) is 4. The van der Waals surface area contributed by atoms with E-state index >= 15 is 0 Å². The van der Waals surface area contributed by atoms with Gasteiger partial charge in [-0.2, -0.15) is 0 Å². The zero-order chi connectivity index (χ0) is 22.1. The van der Waals surface area contributed by atoms with E-state index < -0.39 is 0 Å². The van der Waals surface area contributed by atoms with Crippen LogP contribution in [0.15, 0.2) is 48.5 Å². The molecule has 1 saturated carbocycles. The molecule has 0 aromatic heterocycles. The third-order valence-electron chi connectivity index (χ3n) is 6.29. The van der Waals surface area contributed by atoms with Gasteiger partial charge in [0.2, 0.25) is 0 Å². The summed E-state index contributed by atoms with van der Waals surface area (Å²) in [6.07, 6.45) is 9.69. The van der Waals surface area contributed by atoms with Crippen molar-refractivity contribution in [1.29, 1.82) is 0 Å². The lowest BCUT2D eigenvalue weighted by Crippen LogP contribution is -2.13. The molecule has 0 amide bonds. The van der Waals surface area contributed by atoms with Gasteiger partial charge in [0.1, 0.15) is 11.5 Å². The summed E-state index contributed by atoms with van der Waals surface area (Å²) >= 11 is 0. The lowest BCUT2D eigenvalue weighted by Gasteiger charge is -2.28. The second kappa shape index (κ2) is 11.7. The molecule has 0 unspecified atom stereocenters. The molecule has 0 heterocycles. The van der Waals surface area contributed by atoms with Gasteiger partial charge in [-0.25, -0.2) is 4.79 Å². The Balaban J connectivity index is 1.50. The van der Waals surface area contributed by atoms with Crippen LogP contribution in [0.5, 0.6) is 11.5 Å². The standard InChI is InChI=1S/C27H34O4/c1-3-5-6-7-26(28)30-24-16-18-25(19-17-24)31-27(29)23-14-12-22(13-15-23)21-10-8-20(4-2)9-11-21/h12-21H,3-11H2,1-2H3. The third-order valence-corrected chi connectivity index (χ3v) is 6.29. The molecule has 0 N–H and O–H groups in total. The molecule has 3 rings (SSSR count). The molecular formula is C27H34O4. The molecule has 0 bridgehead atoms. The number of carbonyl (C=O) groups is 2. The summed E-state index contributed by atoms with van der Waals surface area (Å²) in [5, 5.41) is 0. The van der Waals surface area contributed by atoms with Crippen LogP contribution in [0, 0.1) is 5.92 Å². The van der Waals surface area contributed by atoms with E-state index in [1.807, 2.05) is 12.1 Å². The van der Waals surface area contributed by atoms with Gasteiger partial charge in [-0.3, -0.25) is 4.79 Å². The largest absolute Gasteiger partial charge is 0.427 e. The van der Waals surface area contributed by atoms with Crippen LogP contribution < -0.4 is 9.47 Å². The minimum Gasteiger partial charge on any atom is -0.427 e. The fourth-order valence-corrected chi connectivity index (χ4v) is 4.24. The molecule has 1 aliphatic rings. The number of benzene rings is 2. The van der Waals surface area contributed by atoms with Crippen LogP contribution in [-0.4, -0.2) is 11.9 Å². The van der Waals surface area contributed by atoms with E-state index in [0.29, 0.717) is 29.4 Å². The molecule has 31 heavy (non-hydrogen) atoms. The van der Waals surface area contributed by atoms with Crippen molar-refractivity contribution in [2.24, 2.45) is 5.92 Å². The topological polar surface area (TPSA) is 52.6 Å². The maximum atomic E-state index is 12.5. The molecule has 2 aromatic carbocycles. The number of carbonyl (C=O) groups excluding carboxylic acids is 2. The lowest BCUT2D eigenvalue weighted by molar-refractivity contribution is -0.134. The van der Waals surface area contributed by atoms with Crippen LogP contribution in [0.4, 0.5) is 0 Å². The average Bonchev–Trinajstić information content (AvgIpc) is 2.81. The van der Waals surface area contributed by atoms with Crippen LogP contribution in [0.25, 0.3) is 0 Å². The second-order valence-electron chi connectivity index (χ2n) is 8.54. The Morgan fingerprint density at radius 1 is 0.806 bits per heavy atom. The van der Waals surface area contributed by atoms with Gasteiger partial charge in [0.25, 0.3) is 0 Å². The summed E-state index contributed by atoms with van der Waals surface area (Å²) in [4.78, 5) is 24.3. The van der Waals surface area contributed by atoms with Crippen molar-refractivity contribution in [2.45, 2.75) is 77.6 Å². The van der Waals surface area contributed by atoms with Crippen LogP contribution >= 0.6 is 0 Å². The molecule has 0 radical (unpaired) electrons. The Labute approximate surface area is 186 Å². The predicted octanol–water partition coefficient (Wildman–Crippen LogP) is 7.08. The number of hydrogen-bond donors (Lipinski definition) is 0. The van der Waals surface area contributed by atoms with Gasteiger partial charge in [-0.05, 0) is 85.9 Å². The van der Waals surface area contributed by atoms with Crippen molar-refractivity contribution >= 4 is 11.9 Å². The average molecular weight is 423 g/mol. The minimum absolute atomic E-state index is 0.235. The highest BCUT2D eigenvalue weighted by Gasteiger charge is 2.21. The van der Waals surface area contributed by atoms with Gasteiger partial charge in [-0.1, -0.05) is 45.2 Å². The Morgan fingerprint density at radius 3 is 2.00 bits per heavy atom. The molecule has 4 nitrogen and oxygen atoms in total. The number of unbranched alkanes of at least 4 members (excludes halogenated alkanes) is 2. The van der Waals surface area contributed by atoms with E-state index in [0.717, 1.165) is 25.2 Å². The molecule has 0 saturated heterocycles. The van der Waals surface area contributed by atoms with Crippen LogP contribution in [0.1, 0.15) is 93.5 Å². The summed E-state index contributed by atoms with van der Waals surface area (Å²) in [6.45, 7) is 4.37. The monoisotopic (exact) mass is 422 g/mol. The summed E-state index contributed by atoms with van der Waals surface area (Å²) in [7, 11) is 0. The molecule has 1 aliphatic carbocycles. The van der Waals surface area contributed by atoms with Crippen molar-refractivity contribution in [3.8, 4) is 11.5 Å². The molecule has 166 valence electrons. The highest BCUT2D eigenvalue weighted by molar-refractivity contribution is 5.91. The van der Waals surface area contributed by atoms with E-state index in [-0.39, 0.29) is 11.9 Å². The SMILES string of the molecule is CCCCCC(=O)Oc1ccc(OC(=O)c2ccc(C3CCC(CC)CC3)cc2)cc1. The van der Waals surface area contributed by atoms with Crippen molar-refractivity contribution in [1.82, 2.24) is 0 Å². The second-order valence-corrected chi connectivity index (χ2v) is 8.54. The first-order valence-corrected chi connectivity index (χ1v) is 11.7. The van der Waals surface area contributed by atoms with Crippen LogP contribution in [0.3, 0.4) is 0 Å². The predicted molar refractivity (Wildman–Crippen MR) is 123 cm³/mol. The van der Waals surface area contributed by atoms with Gasteiger partial charge in [0.15, 0.2) is 0 Å². The maximum Gasteiger partial charge on any atom is 0.343 e. The number of esters is 2. The summed E-state index contributed by atoms with van der Waals surface area (Å²) in [5.41, 5.74) is 1.86. The Morgan fingerprint density at radius 2 is 1.42 bits per heavy atom. The fraction of sp³-hybridized carbons (Fsp3) is 0.481. The number of rotatable bonds is 9. The van der Waals surface area contributed by atoms with Gasteiger partial charge in [0, 0.05) is 6.42 Å². The minimum atomic E-state index is -0.384. The first-order chi connectivity index (χ1) is 15.1. The Hall–Kier alpha value is -2.62. The summed E-state index contributed by atoms with van der Waals surface area (Å²) in [6, 6.07) is 14.4. The zero-order valence-electron chi connectivity index (χ0n) is 18.8. The molecule has 0 aliphatic heterocycles. The lowest BCUT2D eigenvalue weighted by atomic mass is 9.78. The Bertz CT molecular complexity index is 831.